The molecule has 2 aromatic heterocycles. The van der Waals surface area contributed by atoms with Gasteiger partial charge >= 0.3 is 0 Å². The Labute approximate surface area is 92.7 Å². The second-order valence-corrected chi connectivity index (χ2v) is 3.55. The topological polar surface area (TPSA) is 56.7 Å². The molecule has 78 valence electrons. The largest absolute Gasteiger partial charge is 0.329 e. The summed E-state index contributed by atoms with van der Waals surface area (Å²) in [6.45, 7) is 1.10. The Morgan fingerprint density at radius 2 is 2.27 bits per heavy atom. The van der Waals surface area contributed by atoms with E-state index in [0.29, 0.717) is 18.1 Å². The van der Waals surface area contributed by atoms with Gasteiger partial charge in [-0.25, -0.2) is 4.98 Å². The second-order valence-electron chi connectivity index (χ2n) is 3.14. The summed E-state index contributed by atoms with van der Waals surface area (Å²) in [6, 6.07) is 1.89. The first-order valence-corrected chi connectivity index (χ1v) is 4.97. The van der Waals surface area contributed by atoms with Crippen molar-refractivity contribution in [3.8, 4) is 0 Å². The highest BCUT2D eigenvalue weighted by atomic mass is 35.5. The average Bonchev–Trinajstić information content (AvgIpc) is 2.69. The van der Waals surface area contributed by atoms with Gasteiger partial charge in [0.25, 0.3) is 0 Å². The van der Waals surface area contributed by atoms with Gasteiger partial charge in [-0.15, -0.1) is 0 Å². The number of hydrogen-bond donors (Lipinski definition) is 1. The van der Waals surface area contributed by atoms with E-state index in [0.717, 1.165) is 11.4 Å². The monoisotopic (exact) mass is 222 g/mol. The molecule has 2 N–H and O–H groups in total. The van der Waals surface area contributed by atoms with Crippen molar-refractivity contribution in [1.82, 2.24) is 14.5 Å². The van der Waals surface area contributed by atoms with E-state index in [-0.39, 0.29) is 0 Å². The van der Waals surface area contributed by atoms with Gasteiger partial charge in [0, 0.05) is 24.8 Å². The molecule has 0 saturated heterocycles. The van der Waals surface area contributed by atoms with E-state index in [9.17, 15) is 0 Å². The smallest absolute Gasteiger partial charge is 0.122 e. The van der Waals surface area contributed by atoms with Gasteiger partial charge in [0.1, 0.15) is 5.82 Å². The number of nitrogens with zero attached hydrogens (tertiary/aromatic N) is 3. The minimum absolute atomic E-state index is 0.426. The Hall–Kier alpha value is -1.39. The van der Waals surface area contributed by atoms with Gasteiger partial charge in [-0.1, -0.05) is 11.6 Å². The highest BCUT2D eigenvalue weighted by molar-refractivity contribution is 6.31. The first kappa shape index (κ1) is 10.1. The zero-order valence-corrected chi connectivity index (χ0v) is 8.85. The molecule has 0 aliphatic rings. The summed E-state index contributed by atoms with van der Waals surface area (Å²) in [6.07, 6.45) is 6.98. The van der Waals surface area contributed by atoms with Gasteiger partial charge < -0.3 is 10.3 Å². The molecule has 0 unspecified atom stereocenters. The lowest BCUT2D eigenvalue weighted by atomic mass is 10.2. The molecule has 2 aromatic rings. The fourth-order valence-electron chi connectivity index (χ4n) is 1.39. The highest BCUT2D eigenvalue weighted by Crippen LogP contribution is 2.15. The molecule has 15 heavy (non-hydrogen) atoms. The Morgan fingerprint density at radius 3 is 3.00 bits per heavy atom. The maximum atomic E-state index is 6.01. The molecule has 2 heterocycles. The molecule has 0 radical (unpaired) electrons. The van der Waals surface area contributed by atoms with E-state index in [1.54, 1.807) is 18.6 Å². The van der Waals surface area contributed by atoms with Crippen LogP contribution in [0.3, 0.4) is 0 Å². The molecule has 0 spiro atoms. The molecule has 0 amide bonds. The van der Waals surface area contributed by atoms with Crippen LogP contribution in [-0.2, 0) is 13.1 Å². The summed E-state index contributed by atoms with van der Waals surface area (Å²) in [5, 5.41) is 0.661. The molecular formula is C10H11ClN4. The van der Waals surface area contributed by atoms with E-state index < -0.39 is 0 Å². The third-order valence-corrected chi connectivity index (χ3v) is 2.52. The Balaban J connectivity index is 2.26. The molecule has 0 aromatic carbocycles. The van der Waals surface area contributed by atoms with Gasteiger partial charge in [0.15, 0.2) is 0 Å². The van der Waals surface area contributed by atoms with Crippen LogP contribution in [-0.4, -0.2) is 14.5 Å². The number of halogens is 1. The van der Waals surface area contributed by atoms with Gasteiger partial charge in [-0.05, 0) is 11.6 Å². The fraction of sp³-hybridized carbons (Fsp3) is 0.200. The van der Waals surface area contributed by atoms with Crippen LogP contribution in [0.15, 0.2) is 30.9 Å². The molecule has 0 bridgehead atoms. The number of imidazole rings is 1. The summed E-state index contributed by atoms with van der Waals surface area (Å²) >= 11 is 6.01. The van der Waals surface area contributed by atoms with Gasteiger partial charge in [0.2, 0.25) is 0 Å². The van der Waals surface area contributed by atoms with Crippen LogP contribution in [0.5, 0.6) is 0 Å². The lowest BCUT2D eigenvalue weighted by Crippen LogP contribution is -2.09. The summed E-state index contributed by atoms with van der Waals surface area (Å²) < 4.78 is 1.97. The molecule has 5 heteroatoms. The van der Waals surface area contributed by atoms with Crippen LogP contribution >= 0.6 is 11.6 Å². The van der Waals surface area contributed by atoms with Gasteiger partial charge in [-0.2, -0.15) is 0 Å². The maximum Gasteiger partial charge on any atom is 0.122 e. The van der Waals surface area contributed by atoms with E-state index in [1.165, 1.54) is 0 Å². The van der Waals surface area contributed by atoms with Crippen molar-refractivity contribution in [2.75, 3.05) is 0 Å². The molecule has 4 nitrogen and oxygen atoms in total. The van der Waals surface area contributed by atoms with Crippen molar-refractivity contribution in [3.63, 3.8) is 0 Å². The summed E-state index contributed by atoms with van der Waals surface area (Å²) in [5.41, 5.74) is 6.57. The number of nitrogens with two attached hydrogens (primary N) is 1. The van der Waals surface area contributed by atoms with Crippen LogP contribution in [0, 0.1) is 0 Å². The highest BCUT2D eigenvalue weighted by Gasteiger charge is 2.04. The van der Waals surface area contributed by atoms with Crippen LogP contribution in [0.1, 0.15) is 11.4 Å². The molecule has 0 aliphatic carbocycles. The SMILES string of the molecule is NCc1nccn1Cc1ccncc1Cl. The predicted octanol–water partition coefficient (Wildman–Crippen LogP) is 1.44. The molecular weight excluding hydrogens is 212 g/mol. The van der Waals surface area contributed by atoms with Crippen LogP contribution in [0.25, 0.3) is 0 Å². The third-order valence-electron chi connectivity index (χ3n) is 2.18. The van der Waals surface area contributed by atoms with E-state index in [4.69, 9.17) is 17.3 Å². The zero-order chi connectivity index (χ0) is 10.7. The van der Waals surface area contributed by atoms with Crippen molar-refractivity contribution >= 4 is 11.6 Å². The number of pyridine rings is 1. The number of aromatic nitrogens is 3. The fourth-order valence-corrected chi connectivity index (χ4v) is 1.57. The molecule has 0 fully saturated rings. The van der Waals surface area contributed by atoms with Crippen LogP contribution in [0.2, 0.25) is 5.02 Å². The second kappa shape index (κ2) is 4.42. The molecule has 2 rings (SSSR count). The Morgan fingerprint density at radius 1 is 1.40 bits per heavy atom. The number of rotatable bonds is 3. The average molecular weight is 223 g/mol. The quantitative estimate of drug-likeness (QED) is 0.855. The normalized spacial score (nSPS) is 10.5. The van der Waals surface area contributed by atoms with Crippen LogP contribution < -0.4 is 5.73 Å². The van der Waals surface area contributed by atoms with E-state index >= 15 is 0 Å². The number of hydrogen-bond acceptors (Lipinski definition) is 3. The zero-order valence-electron chi connectivity index (χ0n) is 8.10. The first-order valence-electron chi connectivity index (χ1n) is 4.59. The van der Waals surface area contributed by atoms with E-state index in [2.05, 4.69) is 9.97 Å². The summed E-state index contributed by atoms with van der Waals surface area (Å²) in [4.78, 5) is 8.08. The Bertz CT molecular complexity index is 452. The van der Waals surface area contributed by atoms with Gasteiger partial charge in [-0.3, -0.25) is 4.98 Å². The summed E-state index contributed by atoms with van der Waals surface area (Å²) in [7, 11) is 0. The first-order chi connectivity index (χ1) is 7.31. The lowest BCUT2D eigenvalue weighted by molar-refractivity contribution is 0.723. The van der Waals surface area contributed by atoms with Crippen molar-refractivity contribution in [1.29, 1.82) is 0 Å². The lowest BCUT2D eigenvalue weighted by Gasteiger charge is -2.07. The Kier molecular flexibility index (Phi) is 2.99. The standard InChI is InChI=1S/C10H11ClN4/c11-9-6-13-2-1-8(9)7-15-4-3-14-10(15)5-12/h1-4,6H,5,7,12H2. The van der Waals surface area contributed by atoms with Crippen molar-refractivity contribution in [2.24, 2.45) is 5.73 Å². The maximum absolute atomic E-state index is 6.01. The van der Waals surface area contributed by atoms with Crippen molar-refractivity contribution in [2.45, 2.75) is 13.1 Å². The third kappa shape index (κ3) is 2.16. The van der Waals surface area contributed by atoms with Crippen molar-refractivity contribution < 1.29 is 0 Å². The predicted molar refractivity (Wildman–Crippen MR) is 58.5 cm³/mol. The van der Waals surface area contributed by atoms with Crippen molar-refractivity contribution in [3.05, 3.63) is 47.3 Å². The summed E-state index contributed by atoms with van der Waals surface area (Å²) in [5.74, 6) is 0.850. The van der Waals surface area contributed by atoms with Gasteiger partial charge in [0.05, 0.1) is 18.1 Å². The molecule has 0 atom stereocenters. The minimum atomic E-state index is 0.426. The molecule has 0 saturated carbocycles. The van der Waals surface area contributed by atoms with E-state index in [1.807, 2.05) is 16.8 Å². The molecule has 0 aliphatic heterocycles. The van der Waals surface area contributed by atoms with Crippen LogP contribution in [0.4, 0.5) is 0 Å². The minimum Gasteiger partial charge on any atom is -0.329 e.